The summed E-state index contributed by atoms with van der Waals surface area (Å²) in [5.41, 5.74) is 4.92. The van der Waals surface area contributed by atoms with Crippen LogP contribution in [0.2, 0.25) is 0 Å². The molecule has 2 rings (SSSR count). The van der Waals surface area contributed by atoms with Crippen molar-refractivity contribution in [3.63, 3.8) is 0 Å². The minimum Gasteiger partial charge on any atom is -0.481 e. The first-order chi connectivity index (χ1) is 8.90. The summed E-state index contributed by atoms with van der Waals surface area (Å²) in [5.74, 6) is 0.0465. The molecule has 1 aliphatic rings. The molecule has 1 N–H and O–H groups in total. The third-order valence-corrected chi connectivity index (χ3v) is 4.16. The highest BCUT2D eigenvalue weighted by Crippen LogP contribution is 2.45. The number of anilines is 1. The Morgan fingerprint density at radius 1 is 1.37 bits per heavy atom. The molecule has 0 amide bonds. The van der Waals surface area contributed by atoms with Gasteiger partial charge in [0.05, 0.1) is 6.42 Å². The SMILES string of the molecule is Cc1cc(C(CC(=O)O)C2CC2)cc(N(C)C)c1C. The highest BCUT2D eigenvalue weighted by Gasteiger charge is 2.34. The normalized spacial score (nSPS) is 16.2. The topological polar surface area (TPSA) is 40.5 Å². The molecule has 1 atom stereocenters. The summed E-state index contributed by atoms with van der Waals surface area (Å²) in [7, 11) is 4.07. The third-order valence-electron chi connectivity index (χ3n) is 4.16. The van der Waals surface area contributed by atoms with Crippen molar-refractivity contribution < 1.29 is 9.90 Å². The lowest BCUT2D eigenvalue weighted by molar-refractivity contribution is -0.137. The molecule has 1 fully saturated rings. The molecule has 0 aromatic heterocycles. The van der Waals surface area contributed by atoms with Gasteiger partial charge in [-0.05, 0) is 61.3 Å². The van der Waals surface area contributed by atoms with Crippen molar-refractivity contribution in [1.29, 1.82) is 0 Å². The molecule has 3 nitrogen and oxygen atoms in total. The number of benzene rings is 1. The predicted molar refractivity (Wildman–Crippen MR) is 78.0 cm³/mol. The van der Waals surface area contributed by atoms with Crippen LogP contribution in [0.3, 0.4) is 0 Å². The van der Waals surface area contributed by atoms with Crippen LogP contribution < -0.4 is 4.90 Å². The quantitative estimate of drug-likeness (QED) is 0.883. The summed E-state index contributed by atoms with van der Waals surface area (Å²) >= 11 is 0. The highest BCUT2D eigenvalue weighted by molar-refractivity contribution is 5.69. The minimum atomic E-state index is -0.693. The Hall–Kier alpha value is -1.51. The van der Waals surface area contributed by atoms with E-state index < -0.39 is 5.97 Å². The average Bonchev–Trinajstić information content (AvgIpc) is 3.13. The number of carboxylic acids is 1. The Balaban J connectivity index is 2.39. The summed E-state index contributed by atoms with van der Waals surface area (Å²) in [6.07, 6.45) is 2.59. The predicted octanol–water partition coefficient (Wildman–Crippen LogP) is 3.34. The zero-order valence-electron chi connectivity index (χ0n) is 12.2. The molecule has 0 saturated heterocycles. The number of hydrogen-bond acceptors (Lipinski definition) is 2. The number of aliphatic carboxylic acids is 1. The second-order valence-electron chi connectivity index (χ2n) is 5.92. The van der Waals surface area contributed by atoms with E-state index >= 15 is 0 Å². The maximum absolute atomic E-state index is 11.1. The first-order valence-electron chi connectivity index (χ1n) is 6.90. The van der Waals surface area contributed by atoms with E-state index in [1.54, 1.807) is 0 Å². The van der Waals surface area contributed by atoms with Crippen molar-refractivity contribution in [2.75, 3.05) is 19.0 Å². The Bertz CT molecular complexity index is 490. The molecular weight excluding hydrogens is 238 g/mol. The van der Waals surface area contributed by atoms with Gasteiger partial charge in [0.25, 0.3) is 0 Å². The summed E-state index contributed by atoms with van der Waals surface area (Å²) in [6, 6.07) is 4.35. The lowest BCUT2D eigenvalue weighted by Gasteiger charge is -2.22. The highest BCUT2D eigenvalue weighted by atomic mass is 16.4. The van der Waals surface area contributed by atoms with Gasteiger partial charge in [-0.1, -0.05) is 6.07 Å². The van der Waals surface area contributed by atoms with E-state index in [2.05, 4.69) is 30.9 Å². The van der Waals surface area contributed by atoms with E-state index in [-0.39, 0.29) is 12.3 Å². The van der Waals surface area contributed by atoms with Crippen LogP contribution in [0.5, 0.6) is 0 Å². The maximum Gasteiger partial charge on any atom is 0.303 e. The monoisotopic (exact) mass is 261 g/mol. The van der Waals surface area contributed by atoms with Gasteiger partial charge in [-0.15, -0.1) is 0 Å². The van der Waals surface area contributed by atoms with E-state index in [1.165, 1.54) is 35.2 Å². The van der Waals surface area contributed by atoms with Gasteiger partial charge in [0.2, 0.25) is 0 Å². The average molecular weight is 261 g/mol. The Morgan fingerprint density at radius 2 is 2.00 bits per heavy atom. The molecule has 0 heterocycles. The summed E-state index contributed by atoms with van der Waals surface area (Å²) < 4.78 is 0. The van der Waals surface area contributed by atoms with Crippen LogP contribution in [-0.2, 0) is 4.79 Å². The van der Waals surface area contributed by atoms with Crippen molar-refractivity contribution in [2.45, 2.75) is 39.0 Å². The van der Waals surface area contributed by atoms with Gasteiger partial charge in [-0.3, -0.25) is 4.79 Å². The van der Waals surface area contributed by atoms with Crippen molar-refractivity contribution in [2.24, 2.45) is 5.92 Å². The number of nitrogens with zero attached hydrogens (tertiary/aromatic N) is 1. The van der Waals surface area contributed by atoms with Gasteiger partial charge >= 0.3 is 5.97 Å². The lowest BCUT2D eigenvalue weighted by atomic mass is 9.88. The first kappa shape index (κ1) is 13.9. The zero-order chi connectivity index (χ0) is 14.2. The van der Waals surface area contributed by atoms with Crippen LogP contribution in [0, 0.1) is 19.8 Å². The third kappa shape index (κ3) is 3.09. The molecule has 104 valence electrons. The number of rotatable bonds is 5. The van der Waals surface area contributed by atoms with Crippen LogP contribution in [0.4, 0.5) is 5.69 Å². The molecule has 1 saturated carbocycles. The van der Waals surface area contributed by atoms with Crippen molar-refractivity contribution in [3.05, 3.63) is 28.8 Å². The van der Waals surface area contributed by atoms with Gasteiger partial charge in [-0.2, -0.15) is 0 Å². The van der Waals surface area contributed by atoms with Gasteiger partial charge in [0.15, 0.2) is 0 Å². The molecule has 1 unspecified atom stereocenters. The second kappa shape index (κ2) is 5.24. The fourth-order valence-corrected chi connectivity index (χ4v) is 2.79. The second-order valence-corrected chi connectivity index (χ2v) is 5.92. The molecule has 3 heteroatoms. The van der Waals surface area contributed by atoms with Gasteiger partial charge < -0.3 is 10.0 Å². The summed E-state index contributed by atoms with van der Waals surface area (Å²) in [4.78, 5) is 13.2. The van der Waals surface area contributed by atoms with Crippen LogP contribution in [0.25, 0.3) is 0 Å². The summed E-state index contributed by atoms with van der Waals surface area (Å²) in [6.45, 7) is 4.23. The van der Waals surface area contributed by atoms with E-state index in [1.807, 2.05) is 14.1 Å². The molecule has 19 heavy (non-hydrogen) atoms. The van der Waals surface area contributed by atoms with E-state index in [0.29, 0.717) is 5.92 Å². The van der Waals surface area contributed by atoms with Crippen molar-refractivity contribution in [3.8, 4) is 0 Å². The Kier molecular flexibility index (Phi) is 3.83. The van der Waals surface area contributed by atoms with Crippen LogP contribution in [-0.4, -0.2) is 25.2 Å². The largest absolute Gasteiger partial charge is 0.481 e. The number of aryl methyl sites for hydroxylation is 1. The molecule has 0 radical (unpaired) electrons. The standard InChI is InChI=1S/C16H23NO2/c1-10-7-13(8-15(11(10)2)17(3)4)14(9-16(18)19)12-5-6-12/h7-8,12,14H,5-6,9H2,1-4H3,(H,18,19). The van der Waals surface area contributed by atoms with E-state index in [4.69, 9.17) is 5.11 Å². The maximum atomic E-state index is 11.1. The Labute approximate surface area is 115 Å². The first-order valence-corrected chi connectivity index (χ1v) is 6.90. The fraction of sp³-hybridized carbons (Fsp3) is 0.562. The van der Waals surface area contributed by atoms with Crippen LogP contribution in [0.15, 0.2) is 12.1 Å². The van der Waals surface area contributed by atoms with Gasteiger partial charge in [0, 0.05) is 19.8 Å². The van der Waals surface area contributed by atoms with Crippen molar-refractivity contribution >= 4 is 11.7 Å². The number of carbonyl (C=O) groups is 1. The minimum absolute atomic E-state index is 0.176. The zero-order valence-corrected chi connectivity index (χ0v) is 12.2. The van der Waals surface area contributed by atoms with E-state index in [0.717, 1.165) is 0 Å². The summed E-state index contributed by atoms with van der Waals surface area (Å²) in [5, 5.41) is 9.11. The smallest absolute Gasteiger partial charge is 0.303 e. The molecule has 0 aliphatic heterocycles. The molecular formula is C16H23NO2. The molecule has 0 spiro atoms. The molecule has 0 bridgehead atoms. The molecule has 1 aromatic rings. The molecule has 1 aromatic carbocycles. The molecule has 1 aliphatic carbocycles. The fourth-order valence-electron chi connectivity index (χ4n) is 2.79. The van der Waals surface area contributed by atoms with Gasteiger partial charge in [-0.25, -0.2) is 0 Å². The number of carboxylic acid groups (broad SMARTS) is 1. The van der Waals surface area contributed by atoms with Crippen molar-refractivity contribution in [1.82, 2.24) is 0 Å². The van der Waals surface area contributed by atoms with E-state index in [9.17, 15) is 4.79 Å². The Morgan fingerprint density at radius 3 is 2.47 bits per heavy atom. The van der Waals surface area contributed by atoms with Crippen LogP contribution in [0.1, 0.15) is 41.9 Å². The lowest BCUT2D eigenvalue weighted by Crippen LogP contribution is -2.14. The number of hydrogen-bond donors (Lipinski definition) is 1. The van der Waals surface area contributed by atoms with Crippen LogP contribution >= 0.6 is 0 Å². The van der Waals surface area contributed by atoms with Gasteiger partial charge in [0.1, 0.15) is 0 Å².